The average molecular weight is 677 g/mol. The van der Waals surface area contributed by atoms with Crippen LogP contribution in [0.5, 0.6) is 0 Å². The van der Waals surface area contributed by atoms with Gasteiger partial charge in [0.15, 0.2) is 5.82 Å². The van der Waals surface area contributed by atoms with Crippen molar-refractivity contribution in [2.24, 2.45) is 0 Å². The Bertz CT molecular complexity index is 2850. The quantitative estimate of drug-likeness (QED) is 0.181. The molecule has 250 valence electrons. The molecule has 0 fully saturated rings. The van der Waals surface area contributed by atoms with Gasteiger partial charge in [-0.3, -0.25) is 0 Å². The molecule has 2 nitrogen and oxygen atoms in total. The molecular weight excluding hydrogens is 641 g/mol. The number of aromatic nitrogens is 2. The van der Waals surface area contributed by atoms with Crippen molar-refractivity contribution in [2.45, 2.75) is 19.3 Å². The number of fused-ring (bicyclic) bond motifs is 5. The largest absolute Gasteiger partial charge is 0.228 e. The fourth-order valence-electron chi connectivity index (χ4n) is 8.22. The molecule has 0 saturated heterocycles. The molecule has 1 heterocycles. The van der Waals surface area contributed by atoms with Crippen molar-refractivity contribution in [2.75, 3.05) is 0 Å². The summed E-state index contributed by atoms with van der Waals surface area (Å²) in [6, 6.07) is 65.5. The van der Waals surface area contributed by atoms with Crippen molar-refractivity contribution < 1.29 is 0 Å². The minimum absolute atomic E-state index is 0.0819. The predicted octanol–water partition coefficient (Wildman–Crippen LogP) is 13.4. The van der Waals surface area contributed by atoms with Crippen LogP contribution >= 0.6 is 0 Å². The SMILES string of the molecule is CC1(C)c2cc3ccccc3cc2-c2c(-c3ccc(-c4cc(-c5cccc(-c6ccc7ccccc7c6)c5)nc(-c5ccccc5)n4)cc3)cccc21. The summed E-state index contributed by atoms with van der Waals surface area (Å²) in [5, 5.41) is 5.04. The molecule has 1 aromatic heterocycles. The van der Waals surface area contributed by atoms with E-state index >= 15 is 0 Å². The number of rotatable bonds is 5. The molecule has 2 heteroatoms. The molecule has 8 aromatic carbocycles. The molecule has 0 spiro atoms. The monoisotopic (exact) mass is 676 g/mol. The molecule has 1 aliphatic rings. The second-order valence-electron chi connectivity index (χ2n) is 14.6. The van der Waals surface area contributed by atoms with Crippen molar-refractivity contribution in [1.29, 1.82) is 0 Å². The molecule has 53 heavy (non-hydrogen) atoms. The maximum absolute atomic E-state index is 5.14. The predicted molar refractivity (Wildman–Crippen MR) is 222 cm³/mol. The Morgan fingerprint density at radius 2 is 0.906 bits per heavy atom. The van der Waals surface area contributed by atoms with E-state index in [2.05, 4.69) is 178 Å². The van der Waals surface area contributed by atoms with Gasteiger partial charge in [-0.25, -0.2) is 9.97 Å². The van der Waals surface area contributed by atoms with Crippen LogP contribution in [0.25, 0.3) is 88.8 Å². The van der Waals surface area contributed by atoms with Gasteiger partial charge >= 0.3 is 0 Å². The summed E-state index contributed by atoms with van der Waals surface area (Å²) in [6.45, 7) is 4.71. The average Bonchev–Trinajstić information content (AvgIpc) is 3.45. The van der Waals surface area contributed by atoms with E-state index in [0.717, 1.165) is 33.6 Å². The minimum Gasteiger partial charge on any atom is -0.228 e. The molecule has 0 atom stereocenters. The molecule has 0 bridgehead atoms. The Kier molecular flexibility index (Phi) is 7.19. The van der Waals surface area contributed by atoms with Crippen LogP contribution in [0, 0.1) is 0 Å². The third-order valence-electron chi connectivity index (χ3n) is 11.1. The van der Waals surface area contributed by atoms with E-state index in [0.29, 0.717) is 5.82 Å². The molecule has 0 aliphatic heterocycles. The van der Waals surface area contributed by atoms with Gasteiger partial charge in [-0.2, -0.15) is 0 Å². The van der Waals surface area contributed by atoms with Gasteiger partial charge in [-0.15, -0.1) is 0 Å². The second kappa shape index (κ2) is 12.3. The lowest BCUT2D eigenvalue weighted by atomic mass is 9.81. The van der Waals surface area contributed by atoms with Crippen LogP contribution in [-0.2, 0) is 5.41 Å². The van der Waals surface area contributed by atoms with Crippen LogP contribution in [0.4, 0.5) is 0 Å². The van der Waals surface area contributed by atoms with E-state index in [9.17, 15) is 0 Å². The summed E-state index contributed by atoms with van der Waals surface area (Å²) in [4.78, 5) is 10.3. The van der Waals surface area contributed by atoms with E-state index in [1.54, 1.807) is 0 Å². The van der Waals surface area contributed by atoms with Gasteiger partial charge in [0.05, 0.1) is 11.4 Å². The van der Waals surface area contributed by atoms with Crippen molar-refractivity contribution in [1.82, 2.24) is 9.97 Å². The van der Waals surface area contributed by atoms with Crippen LogP contribution in [-0.4, -0.2) is 9.97 Å². The summed E-state index contributed by atoms with van der Waals surface area (Å²) >= 11 is 0. The van der Waals surface area contributed by atoms with E-state index < -0.39 is 0 Å². The highest BCUT2D eigenvalue weighted by Crippen LogP contribution is 2.53. The van der Waals surface area contributed by atoms with Gasteiger partial charge in [-0.05, 0) is 96.4 Å². The zero-order valence-electron chi connectivity index (χ0n) is 29.7. The molecule has 0 amide bonds. The highest BCUT2D eigenvalue weighted by atomic mass is 14.9. The van der Waals surface area contributed by atoms with E-state index in [4.69, 9.17) is 9.97 Å². The molecule has 0 saturated carbocycles. The van der Waals surface area contributed by atoms with Crippen molar-refractivity contribution in [3.8, 4) is 67.3 Å². The lowest BCUT2D eigenvalue weighted by Gasteiger charge is -2.22. The fourth-order valence-corrected chi connectivity index (χ4v) is 8.22. The summed E-state index contributed by atoms with van der Waals surface area (Å²) in [5.41, 5.74) is 15.1. The summed E-state index contributed by atoms with van der Waals surface area (Å²) in [6.07, 6.45) is 0. The third-order valence-corrected chi connectivity index (χ3v) is 11.1. The van der Waals surface area contributed by atoms with Crippen LogP contribution in [0.1, 0.15) is 25.0 Å². The Hall–Kier alpha value is -6.64. The summed E-state index contributed by atoms with van der Waals surface area (Å²) < 4.78 is 0. The molecule has 0 unspecified atom stereocenters. The van der Waals surface area contributed by atoms with Gasteiger partial charge < -0.3 is 0 Å². The Balaban J connectivity index is 1.06. The van der Waals surface area contributed by atoms with Gasteiger partial charge in [-0.1, -0.05) is 166 Å². The molecule has 1 aliphatic carbocycles. The Morgan fingerprint density at radius 3 is 1.68 bits per heavy atom. The number of nitrogens with zero attached hydrogens (tertiary/aromatic N) is 2. The molecule has 0 N–H and O–H groups in total. The Morgan fingerprint density at radius 1 is 0.340 bits per heavy atom. The third kappa shape index (κ3) is 5.34. The van der Waals surface area contributed by atoms with Crippen molar-refractivity contribution >= 4 is 21.5 Å². The van der Waals surface area contributed by atoms with Crippen LogP contribution < -0.4 is 0 Å². The molecule has 9 aromatic rings. The van der Waals surface area contributed by atoms with E-state index in [-0.39, 0.29) is 5.41 Å². The van der Waals surface area contributed by atoms with Crippen molar-refractivity contribution in [3.63, 3.8) is 0 Å². The van der Waals surface area contributed by atoms with Crippen molar-refractivity contribution in [3.05, 3.63) is 193 Å². The lowest BCUT2D eigenvalue weighted by molar-refractivity contribution is 0.661. The topological polar surface area (TPSA) is 25.8 Å². The first-order chi connectivity index (χ1) is 26.0. The van der Waals surface area contributed by atoms with Gasteiger partial charge in [0.25, 0.3) is 0 Å². The van der Waals surface area contributed by atoms with Gasteiger partial charge in [0, 0.05) is 22.1 Å². The second-order valence-corrected chi connectivity index (χ2v) is 14.6. The highest BCUT2D eigenvalue weighted by molar-refractivity contribution is 5.98. The van der Waals surface area contributed by atoms with Crippen LogP contribution in [0.15, 0.2) is 182 Å². The fraction of sp³-hybridized carbons (Fsp3) is 0.0588. The molecule has 10 rings (SSSR count). The first kappa shape index (κ1) is 31.1. The van der Waals surface area contributed by atoms with Gasteiger partial charge in [0.2, 0.25) is 0 Å². The van der Waals surface area contributed by atoms with Gasteiger partial charge in [0.1, 0.15) is 0 Å². The van der Waals surface area contributed by atoms with Crippen LogP contribution in [0.3, 0.4) is 0 Å². The molecule has 0 radical (unpaired) electrons. The summed E-state index contributed by atoms with van der Waals surface area (Å²) in [5.74, 6) is 0.713. The number of hydrogen-bond donors (Lipinski definition) is 0. The van der Waals surface area contributed by atoms with Crippen LogP contribution in [0.2, 0.25) is 0 Å². The number of hydrogen-bond acceptors (Lipinski definition) is 2. The maximum Gasteiger partial charge on any atom is 0.160 e. The lowest BCUT2D eigenvalue weighted by Crippen LogP contribution is -2.14. The first-order valence-electron chi connectivity index (χ1n) is 18.3. The number of benzene rings is 8. The maximum atomic E-state index is 5.14. The standard InChI is InChI=1S/C51H36N2/c1-51(2)45-21-11-20-43(49(45)44-30-39-16-8-9-17-40(39)31-46(44)51)34-23-25-35(26-24-34)47-32-48(53-50(52-47)36-13-4-3-5-14-36)42-19-10-18-38(29-42)41-27-22-33-12-6-7-15-37(33)28-41/h3-32H,1-2H3. The molecular formula is C51H36N2. The van der Waals surface area contributed by atoms with E-state index in [1.165, 1.54) is 60.5 Å². The zero-order chi connectivity index (χ0) is 35.5. The first-order valence-corrected chi connectivity index (χ1v) is 18.3. The summed E-state index contributed by atoms with van der Waals surface area (Å²) in [7, 11) is 0. The normalized spacial score (nSPS) is 12.9. The highest BCUT2D eigenvalue weighted by Gasteiger charge is 2.37. The van der Waals surface area contributed by atoms with E-state index in [1.807, 2.05) is 18.2 Å². The Labute approximate surface area is 310 Å². The zero-order valence-corrected chi connectivity index (χ0v) is 29.7. The minimum atomic E-state index is -0.0819. The smallest absolute Gasteiger partial charge is 0.160 e.